The molecule has 0 saturated carbocycles. The van der Waals surface area contributed by atoms with Crippen LogP contribution in [0.4, 0.5) is 0 Å². The van der Waals surface area contributed by atoms with E-state index < -0.39 is 59.7 Å². The first-order valence-corrected chi connectivity index (χ1v) is 13.2. The SMILES string of the molecule is C.CC[C@H](CO)O[C@H](CO)n1ccc(=O)[nH]c1=O.CC[C@H](CO)O[C@H](COC(=O)c1ccccc1)n1ccc(=O)[nH]c1=O. The Hall–Kier alpha value is -4.15. The van der Waals surface area contributed by atoms with Crippen LogP contribution in [-0.4, -0.2) is 79.0 Å². The highest BCUT2D eigenvalue weighted by Crippen LogP contribution is 2.13. The number of nitrogens with zero attached hydrogens (tertiary/aromatic N) is 2. The molecule has 3 aromatic rings. The molecule has 15 heteroatoms. The molecule has 3 rings (SSSR count). The molecule has 1 aromatic carbocycles. The van der Waals surface area contributed by atoms with Crippen molar-refractivity contribution in [2.24, 2.45) is 0 Å². The zero-order valence-corrected chi connectivity index (χ0v) is 23.3. The number of aliphatic hydroxyl groups is 3. The number of benzene rings is 1. The van der Waals surface area contributed by atoms with Crippen molar-refractivity contribution in [3.8, 4) is 0 Å². The maximum absolute atomic E-state index is 12.1. The number of hydrogen-bond donors (Lipinski definition) is 5. The minimum Gasteiger partial charge on any atom is -0.457 e. The van der Waals surface area contributed by atoms with Gasteiger partial charge in [0.15, 0.2) is 12.5 Å². The zero-order chi connectivity index (χ0) is 31.1. The first-order chi connectivity index (χ1) is 20.2. The molecule has 0 amide bonds. The summed E-state index contributed by atoms with van der Waals surface area (Å²) in [6.07, 6.45) is 0.636. The molecule has 15 nitrogen and oxygen atoms in total. The van der Waals surface area contributed by atoms with Crippen molar-refractivity contribution in [1.82, 2.24) is 19.1 Å². The number of hydrogen-bond acceptors (Lipinski definition) is 11. The Morgan fingerprint density at radius 1 is 0.744 bits per heavy atom. The van der Waals surface area contributed by atoms with Crippen molar-refractivity contribution in [1.29, 1.82) is 0 Å². The lowest BCUT2D eigenvalue weighted by Crippen LogP contribution is -2.37. The van der Waals surface area contributed by atoms with E-state index in [2.05, 4.69) is 9.97 Å². The Balaban J connectivity index is 0.000000451. The van der Waals surface area contributed by atoms with Crippen LogP contribution in [0.3, 0.4) is 0 Å². The molecule has 0 spiro atoms. The molecule has 0 aliphatic carbocycles. The van der Waals surface area contributed by atoms with Crippen molar-refractivity contribution in [3.05, 3.63) is 102 Å². The quantitative estimate of drug-likeness (QED) is 0.155. The molecule has 5 N–H and O–H groups in total. The molecule has 0 fully saturated rings. The summed E-state index contributed by atoms with van der Waals surface area (Å²) in [5, 5.41) is 27.4. The van der Waals surface area contributed by atoms with Gasteiger partial charge in [-0.05, 0) is 25.0 Å². The minimum absolute atomic E-state index is 0. The first kappa shape index (κ1) is 36.9. The van der Waals surface area contributed by atoms with Crippen LogP contribution in [0.5, 0.6) is 0 Å². The number of esters is 1. The van der Waals surface area contributed by atoms with Crippen LogP contribution in [0, 0.1) is 0 Å². The average Bonchev–Trinajstić information content (AvgIpc) is 2.99. The molecule has 0 aliphatic rings. The van der Waals surface area contributed by atoms with Crippen LogP contribution in [-0.2, 0) is 14.2 Å². The highest BCUT2D eigenvalue weighted by atomic mass is 16.6. The Morgan fingerprint density at radius 2 is 1.21 bits per heavy atom. The fourth-order valence-electron chi connectivity index (χ4n) is 3.48. The van der Waals surface area contributed by atoms with Crippen LogP contribution < -0.4 is 22.5 Å². The number of aliphatic hydroxyl groups excluding tert-OH is 3. The molecule has 238 valence electrons. The summed E-state index contributed by atoms with van der Waals surface area (Å²) in [6.45, 7) is 2.48. The number of aromatic nitrogens is 4. The highest BCUT2D eigenvalue weighted by Gasteiger charge is 2.21. The highest BCUT2D eigenvalue weighted by molar-refractivity contribution is 5.89. The van der Waals surface area contributed by atoms with Gasteiger partial charge in [-0.2, -0.15) is 0 Å². The normalized spacial score (nSPS) is 13.4. The van der Waals surface area contributed by atoms with Gasteiger partial charge in [0.25, 0.3) is 11.1 Å². The molecule has 0 unspecified atom stereocenters. The van der Waals surface area contributed by atoms with E-state index in [0.717, 1.165) is 21.3 Å². The molecule has 43 heavy (non-hydrogen) atoms. The number of nitrogens with one attached hydrogen (secondary N) is 2. The fraction of sp³-hybridized carbons (Fsp3) is 0.464. The Morgan fingerprint density at radius 3 is 1.63 bits per heavy atom. The minimum atomic E-state index is -0.978. The van der Waals surface area contributed by atoms with Crippen LogP contribution in [0.1, 0.15) is 56.9 Å². The number of carbonyl (C=O) groups excluding carboxylic acids is 1. The van der Waals surface area contributed by atoms with Gasteiger partial charge in [0, 0.05) is 24.5 Å². The second-order valence-electron chi connectivity index (χ2n) is 8.79. The standard InChI is InChI=1S/C17H20N2O6.C10H16N2O5.CH4/c1-2-13(10-20)25-15(19-9-8-14(21)18-17(19)23)11-24-16(22)12-6-4-3-5-7-12;1-2-7(5-13)17-9(6-14)12-4-3-8(15)11-10(12)16;/h3-9,13,15,20H,2,10-11H2,1H3,(H,18,21,23);3-4,7,9,13-14H,2,5-6H2,1H3,(H,11,15,16);1H4/t13-,15-;7-,9-;/m11./s1. The summed E-state index contributed by atoms with van der Waals surface area (Å²) >= 11 is 0. The van der Waals surface area contributed by atoms with Crippen LogP contribution in [0.15, 0.2) is 74.0 Å². The average molecular weight is 609 g/mol. The molecule has 0 bridgehead atoms. The van der Waals surface area contributed by atoms with Crippen LogP contribution in [0.25, 0.3) is 0 Å². The first-order valence-electron chi connectivity index (χ1n) is 13.2. The van der Waals surface area contributed by atoms with Crippen LogP contribution >= 0.6 is 0 Å². The van der Waals surface area contributed by atoms with Crippen molar-refractivity contribution in [2.45, 2.75) is 58.8 Å². The predicted octanol–water partition coefficient (Wildman–Crippen LogP) is 0.131. The fourth-order valence-corrected chi connectivity index (χ4v) is 3.48. The summed E-state index contributed by atoms with van der Waals surface area (Å²) < 4.78 is 18.4. The van der Waals surface area contributed by atoms with E-state index in [1.54, 1.807) is 30.3 Å². The lowest BCUT2D eigenvalue weighted by atomic mass is 10.2. The summed E-state index contributed by atoms with van der Waals surface area (Å²) in [7, 11) is 0. The lowest BCUT2D eigenvalue weighted by Gasteiger charge is -2.24. The van der Waals surface area contributed by atoms with E-state index in [9.17, 15) is 29.1 Å². The monoisotopic (exact) mass is 608 g/mol. The lowest BCUT2D eigenvalue weighted by molar-refractivity contribution is -0.102. The second kappa shape index (κ2) is 19.1. The molecule has 0 aliphatic heterocycles. The number of H-pyrrole nitrogens is 2. The molecule has 4 atom stereocenters. The Bertz CT molecular complexity index is 1460. The van der Waals surface area contributed by atoms with Gasteiger partial charge in [-0.15, -0.1) is 0 Å². The van der Waals surface area contributed by atoms with Crippen LogP contribution in [0.2, 0.25) is 0 Å². The van der Waals surface area contributed by atoms with Gasteiger partial charge in [0.2, 0.25) is 0 Å². The smallest absolute Gasteiger partial charge is 0.338 e. The third kappa shape index (κ3) is 11.6. The Labute approximate surface area is 246 Å². The largest absolute Gasteiger partial charge is 0.457 e. The van der Waals surface area contributed by atoms with Gasteiger partial charge in [-0.1, -0.05) is 39.5 Å². The van der Waals surface area contributed by atoms with E-state index in [-0.39, 0.29) is 27.2 Å². The van der Waals surface area contributed by atoms with Gasteiger partial charge >= 0.3 is 17.3 Å². The third-order valence-corrected chi connectivity index (χ3v) is 5.86. The summed E-state index contributed by atoms with van der Waals surface area (Å²) in [5.74, 6) is -0.566. The van der Waals surface area contributed by atoms with Gasteiger partial charge in [0.1, 0.15) is 6.61 Å². The zero-order valence-electron chi connectivity index (χ0n) is 23.3. The van der Waals surface area contributed by atoms with Crippen molar-refractivity contribution >= 4 is 5.97 Å². The van der Waals surface area contributed by atoms with E-state index in [1.165, 1.54) is 12.4 Å². The number of carbonyl (C=O) groups is 1. The maximum Gasteiger partial charge on any atom is 0.338 e. The predicted molar refractivity (Wildman–Crippen MR) is 156 cm³/mol. The summed E-state index contributed by atoms with van der Waals surface area (Å²) in [6, 6.07) is 10.7. The third-order valence-electron chi connectivity index (χ3n) is 5.86. The maximum atomic E-state index is 12.1. The van der Waals surface area contributed by atoms with Gasteiger partial charge in [-0.3, -0.25) is 28.7 Å². The molecular weight excluding hydrogens is 568 g/mol. The van der Waals surface area contributed by atoms with Gasteiger partial charge < -0.3 is 29.5 Å². The molecule has 2 heterocycles. The second-order valence-corrected chi connectivity index (χ2v) is 8.79. The van der Waals surface area contributed by atoms with Gasteiger partial charge in [-0.25, -0.2) is 14.4 Å². The van der Waals surface area contributed by atoms with Crippen molar-refractivity contribution in [3.63, 3.8) is 0 Å². The van der Waals surface area contributed by atoms with E-state index >= 15 is 0 Å². The molecule has 0 saturated heterocycles. The molecule has 2 aromatic heterocycles. The number of rotatable bonds is 14. The van der Waals surface area contributed by atoms with E-state index in [1.807, 2.05) is 13.8 Å². The number of aromatic amines is 2. The van der Waals surface area contributed by atoms with Crippen molar-refractivity contribution in [2.75, 3.05) is 26.4 Å². The topological polar surface area (TPSA) is 215 Å². The van der Waals surface area contributed by atoms with E-state index in [0.29, 0.717) is 18.4 Å². The van der Waals surface area contributed by atoms with E-state index in [4.69, 9.17) is 24.4 Å². The Kier molecular flexibility index (Phi) is 16.4. The molecular formula is C28H40N4O11. The van der Waals surface area contributed by atoms with Gasteiger partial charge in [0.05, 0.1) is 37.6 Å². The summed E-state index contributed by atoms with van der Waals surface area (Å²) in [5.41, 5.74) is -2.05. The molecule has 0 radical (unpaired) electrons. The van der Waals surface area contributed by atoms with Crippen molar-refractivity contribution < 1.29 is 34.3 Å². The summed E-state index contributed by atoms with van der Waals surface area (Å²) in [4.78, 5) is 61.8. The number of ether oxygens (including phenoxy) is 3.